The maximum atomic E-state index is 5.15. The number of pyridine rings is 1. The Morgan fingerprint density at radius 2 is 1.84 bits per heavy atom. The van der Waals surface area contributed by atoms with Crippen LogP contribution >= 0.6 is 11.3 Å². The molecule has 4 nitrogen and oxygen atoms in total. The minimum Gasteiger partial charge on any atom is -0.355 e. The van der Waals surface area contributed by atoms with E-state index in [0.717, 1.165) is 43.2 Å². The van der Waals surface area contributed by atoms with E-state index in [1.165, 1.54) is 75.8 Å². The lowest BCUT2D eigenvalue weighted by atomic mass is 9.90. The topological polar surface area (TPSA) is 41.9 Å². The fourth-order valence-corrected chi connectivity index (χ4v) is 6.93. The first-order chi connectivity index (χ1) is 15.8. The Kier molecular flexibility index (Phi) is 5.30. The largest absolute Gasteiger partial charge is 0.355 e. The predicted octanol–water partition coefficient (Wildman–Crippen LogP) is 6.14. The highest BCUT2D eigenvalue weighted by molar-refractivity contribution is 7.26. The smallest absolute Gasteiger partial charge is 0.150 e. The van der Waals surface area contributed by atoms with Crippen LogP contribution in [0.3, 0.4) is 0 Å². The van der Waals surface area contributed by atoms with Gasteiger partial charge in [-0.3, -0.25) is 0 Å². The first-order valence-electron chi connectivity index (χ1n) is 12.2. The summed E-state index contributed by atoms with van der Waals surface area (Å²) in [5, 5.41) is 1.32. The predicted molar refractivity (Wildman–Crippen MR) is 134 cm³/mol. The van der Waals surface area contributed by atoms with Gasteiger partial charge in [-0.2, -0.15) is 0 Å². The van der Waals surface area contributed by atoms with Gasteiger partial charge in [-0.25, -0.2) is 15.0 Å². The van der Waals surface area contributed by atoms with Crippen molar-refractivity contribution in [3.63, 3.8) is 0 Å². The van der Waals surface area contributed by atoms with E-state index < -0.39 is 0 Å². The molecule has 5 heteroatoms. The summed E-state index contributed by atoms with van der Waals surface area (Å²) in [5.74, 6) is 1.88. The van der Waals surface area contributed by atoms with Crippen molar-refractivity contribution in [3.8, 4) is 0 Å². The Labute approximate surface area is 193 Å². The van der Waals surface area contributed by atoms with E-state index in [0.29, 0.717) is 0 Å². The molecule has 0 radical (unpaired) electrons. The number of nitrogens with zero attached hydrogens (tertiary/aromatic N) is 4. The molecule has 4 aromatic rings. The molecule has 0 saturated carbocycles. The Morgan fingerprint density at radius 3 is 2.66 bits per heavy atom. The van der Waals surface area contributed by atoms with Crippen molar-refractivity contribution in [2.45, 2.75) is 58.3 Å². The standard InChI is InChI=1S/C27H30N4S/c1-2-7-22-20-10-6-11-21(20)23-24-25(32-27(23)30-22)26(29-17-28-24)31-14-12-19(13-15-31)16-18-8-4-3-5-9-18/h3-5,8-9,17,19H,2,6-7,10-16H2,1H3. The van der Waals surface area contributed by atoms with Crippen molar-refractivity contribution >= 4 is 37.6 Å². The molecular formula is C27H30N4S. The van der Waals surface area contributed by atoms with E-state index in [1.54, 1.807) is 6.33 Å². The van der Waals surface area contributed by atoms with E-state index in [1.807, 2.05) is 11.3 Å². The summed E-state index contributed by atoms with van der Waals surface area (Å²) in [7, 11) is 0. The van der Waals surface area contributed by atoms with Gasteiger partial charge in [0.05, 0.1) is 10.2 Å². The van der Waals surface area contributed by atoms with Crippen molar-refractivity contribution in [1.82, 2.24) is 15.0 Å². The molecule has 0 amide bonds. The van der Waals surface area contributed by atoms with Gasteiger partial charge in [0.1, 0.15) is 17.0 Å². The highest BCUT2D eigenvalue weighted by atomic mass is 32.1. The lowest BCUT2D eigenvalue weighted by Gasteiger charge is -2.33. The van der Waals surface area contributed by atoms with Crippen molar-refractivity contribution < 1.29 is 0 Å². The SMILES string of the molecule is CCCc1nc2sc3c(N4CCC(Cc5ccccc5)CC4)ncnc3c2c2c1CCC2. The fraction of sp³-hybridized carbons (Fsp3) is 0.444. The highest BCUT2D eigenvalue weighted by Gasteiger charge is 2.26. The van der Waals surface area contributed by atoms with Gasteiger partial charge in [0.25, 0.3) is 0 Å². The molecule has 1 aromatic carbocycles. The van der Waals surface area contributed by atoms with Gasteiger partial charge >= 0.3 is 0 Å². The average Bonchev–Trinajstić information content (AvgIpc) is 3.45. The van der Waals surface area contributed by atoms with Crippen molar-refractivity contribution in [1.29, 1.82) is 0 Å². The Bertz CT molecular complexity index is 1260. The number of thiophene rings is 1. The summed E-state index contributed by atoms with van der Waals surface area (Å²) in [5.41, 5.74) is 6.96. The molecule has 32 heavy (non-hydrogen) atoms. The number of hydrogen-bond acceptors (Lipinski definition) is 5. The molecule has 0 bridgehead atoms. The van der Waals surface area contributed by atoms with Gasteiger partial charge in [-0.15, -0.1) is 11.3 Å². The number of benzene rings is 1. The lowest BCUT2D eigenvalue weighted by Crippen LogP contribution is -2.34. The number of fused-ring (bicyclic) bond motifs is 5. The molecule has 2 aliphatic rings. The van der Waals surface area contributed by atoms with Gasteiger partial charge in [-0.1, -0.05) is 43.7 Å². The van der Waals surface area contributed by atoms with Gasteiger partial charge in [-0.05, 0) is 67.6 Å². The van der Waals surface area contributed by atoms with E-state index >= 15 is 0 Å². The Hall–Kier alpha value is -2.53. The van der Waals surface area contributed by atoms with Gasteiger partial charge in [0.15, 0.2) is 0 Å². The molecule has 4 heterocycles. The van der Waals surface area contributed by atoms with E-state index in [4.69, 9.17) is 15.0 Å². The number of hydrogen-bond donors (Lipinski definition) is 0. The quantitative estimate of drug-likeness (QED) is 0.372. The minimum atomic E-state index is 0.759. The molecule has 0 unspecified atom stereocenters. The van der Waals surface area contributed by atoms with E-state index in [-0.39, 0.29) is 0 Å². The van der Waals surface area contributed by atoms with E-state index in [9.17, 15) is 0 Å². The minimum absolute atomic E-state index is 0.759. The highest BCUT2D eigenvalue weighted by Crippen LogP contribution is 2.42. The molecular weight excluding hydrogens is 412 g/mol. The molecule has 6 rings (SSSR count). The molecule has 0 atom stereocenters. The second kappa shape index (κ2) is 8.43. The van der Waals surface area contributed by atoms with E-state index in [2.05, 4.69) is 42.2 Å². The van der Waals surface area contributed by atoms with Crippen LogP contribution in [0.1, 0.15) is 55.0 Å². The van der Waals surface area contributed by atoms with Gasteiger partial charge < -0.3 is 4.90 Å². The molecule has 1 fully saturated rings. The van der Waals surface area contributed by atoms with Crippen LogP contribution in [0.4, 0.5) is 5.82 Å². The summed E-state index contributed by atoms with van der Waals surface area (Å²) >= 11 is 1.81. The molecule has 0 N–H and O–H groups in total. The summed E-state index contributed by atoms with van der Waals surface area (Å²) in [6.45, 7) is 4.40. The zero-order valence-electron chi connectivity index (χ0n) is 18.8. The third-order valence-electron chi connectivity index (χ3n) is 7.31. The van der Waals surface area contributed by atoms with Crippen LogP contribution in [0.5, 0.6) is 0 Å². The second-order valence-corrected chi connectivity index (χ2v) is 10.4. The Balaban J connectivity index is 1.32. The molecule has 1 aliphatic carbocycles. The molecule has 3 aromatic heterocycles. The summed E-state index contributed by atoms with van der Waals surface area (Å²) in [4.78, 5) is 18.4. The van der Waals surface area contributed by atoms with Crippen LogP contribution in [0.25, 0.3) is 20.4 Å². The summed E-state index contributed by atoms with van der Waals surface area (Å²) < 4.78 is 1.24. The normalized spacial score (nSPS) is 16.8. The van der Waals surface area contributed by atoms with Crippen LogP contribution in [0.15, 0.2) is 36.7 Å². The average molecular weight is 443 g/mol. The van der Waals surface area contributed by atoms with Crippen molar-refractivity contribution in [3.05, 3.63) is 59.0 Å². The van der Waals surface area contributed by atoms with Gasteiger partial charge in [0, 0.05) is 24.2 Å². The van der Waals surface area contributed by atoms with Crippen LogP contribution in [0.2, 0.25) is 0 Å². The number of anilines is 1. The number of aryl methyl sites for hydroxylation is 2. The lowest BCUT2D eigenvalue weighted by molar-refractivity contribution is 0.403. The van der Waals surface area contributed by atoms with Gasteiger partial charge in [0.2, 0.25) is 0 Å². The fourth-order valence-electron chi connectivity index (χ4n) is 5.73. The molecule has 1 saturated heterocycles. The Morgan fingerprint density at radius 1 is 1.03 bits per heavy atom. The third-order valence-corrected chi connectivity index (χ3v) is 8.38. The van der Waals surface area contributed by atoms with Crippen LogP contribution < -0.4 is 4.90 Å². The molecule has 164 valence electrons. The third kappa shape index (κ3) is 3.47. The molecule has 0 spiro atoms. The van der Waals surface area contributed by atoms with Crippen LogP contribution in [-0.4, -0.2) is 28.0 Å². The summed E-state index contributed by atoms with van der Waals surface area (Å²) in [6, 6.07) is 10.9. The maximum absolute atomic E-state index is 5.15. The molecule has 1 aliphatic heterocycles. The number of rotatable bonds is 5. The van der Waals surface area contributed by atoms with Crippen LogP contribution in [0, 0.1) is 5.92 Å². The van der Waals surface area contributed by atoms with Crippen molar-refractivity contribution in [2.75, 3.05) is 18.0 Å². The number of aromatic nitrogens is 3. The zero-order chi connectivity index (χ0) is 21.5. The van der Waals surface area contributed by atoms with Crippen LogP contribution in [-0.2, 0) is 25.7 Å². The van der Waals surface area contributed by atoms with Crippen molar-refractivity contribution in [2.24, 2.45) is 5.92 Å². The second-order valence-electron chi connectivity index (χ2n) is 9.40. The maximum Gasteiger partial charge on any atom is 0.150 e. The summed E-state index contributed by atoms with van der Waals surface area (Å²) in [6.07, 6.45) is 11.2. The first-order valence-corrected chi connectivity index (χ1v) is 13.0. The zero-order valence-corrected chi connectivity index (χ0v) is 19.6. The number of piperidine rings is 1. The first kappa shape index (κ1) is 20.1. The monoisotopic (exact) mass is 442 g/mol.